The summed E-state index contributed by atoms with van der Waals surface area (Å²) < 4.78 is 0. The molecule has 2 atom stereocenters. The molecule has 154 valence electrons. The molecular formula is C23H23N3O3S. The van der Waals surface area contributed by atoms with Crippen molar-refractivity contribution in [2.75, 3.05) is 5.32 Å². The van der Waals surface area contributed by atoms with Gasteiger partial charge >= 0.3 is 0 Å². The van der Waals surface area contributed by atoms with Gasteiger partial charge in [-0.25, -0.2) is 0 Å². The molecule has 1 N–H and O–H groups in total. The van der Waals surface area contributed by atoms with Crippen LogP contribution in [-0.2, 0) is 17.6 Å². The van der Waals surface area contributed by atoms with Crippen LogP contribution in [0.15, 0.2) is 24.3 Å². The van der Waals surface area contributed by atoms with Gasteiger partial charge in [-0.3, -0.25) is 19.3 Å². The molecule has 0 spiro atoms. The van der Waals surface area contributed by atoms with E-state index in [1.807, 2.05) is 13.8 Å². The normalized spacial score (nSPS) is 17.2. The Bertz CT molecular complexity index is 1050. The Hall–Kier alpha value is -2.98. The van der Waals surface area contributed by atoms with Gasteiger partial charge in [-0.05, 0) is 49.3 Å². The highest BCUT2D eigenvalue weighted by molar-refractivity contribution is 7.16. The first kappa shape index (κ1) is 20.3. The molecule has 0 saturated carbocycles. The van der Waals surface area contributed by atoms with Crippen LogP contribution in [0.1, 0.15) is 69.8 Å². The molecule has 2 heterocycles. The van der Waals surface area contributed by atoms with E-state index in [0.29, 0.717) is 28.1 Å². The van der Waals surface area contributed by atoms with Gasteiger partial charge in [0.15, 0.2) is 0 Å². The van der Waals surface area contributed by atoms with Gasteiger partial charge in [0, 0.05) is 4.88 Å². The van der Waals surface area contributed by atoms with Crippen molar-refractivity contribution in [3.8, 4) is 6.07 Å². The second-order valence-electron chi connectivity index (χ2n) is 7.87. The number of fused-ring (bicyclic) bond motifs is 2. The Morgan fingerprint density at radius 2 is 1.83 bits per heavy atom. The fourth-order valence-electron chi connectivity index (χ4n) is 4.27. The van der Waals surface area contributed by atoms with Crippen LogP contribution in [0.2, 0.25) is 0 Å². The lowest BCUT2D eigenvalue weighted by molar-refractivity contribution is -0.121. The van der Waals surface area contributed by atoms with Gasteiger partial charge in [-0.1, -0.05) is 32.4 Å². The number of nitrogens with one attached hydrogen (secondary N) is 1. The van der Waals surface area contributed by atoms with Gasteiger partial charge in [0.05, 0.1) is 16.7 Å². The van der Waals surface area contributed by atoms with E-state index in [9.17, 15) is 19.6 Å². The summed E-state index contributed by atoms with van der Waals surface area (Å²) in [6, 6.07) is 7.95. The molecule has 3 amide bonds. The molecule has 1 aromatic heterocycles. The fraction of sp³-hybridized carbons (Fsp3) is 0.391. The number of amides is 3. The van der Waals surface area contributed by atoms with Crippen LogP contribution in [0, 0.1) is 17.2 Å². The average Bonchev–Trinajstić information content (AvgIpc) is 3.23. The molecule has 0 bridgehead atoms. The summed E-state index contributed by atoms with van der Waals surface area (Å²) >= 11 is 1.44. The molecule has 4 rings (SSSR count). The molecule has 2 aromatic rings. The van der Waals surface area contributed by atoms with Crippen molar-refractivity contribution >= 4 is 34.1 Å². The summed E-state index contributed by atoms with van der Waals surface area (Å²) in [4.78, 5) is 41.6. The minimum absolute atomic E-state index is 0.229. The number of rotatable bonds is 5. The smallest absolute Gasteiger partial charge is 0.262 e. The Kier molecular flexibility index (Phi) is 5.44. The highest BCUT2D eigenvalue weighted by Crippen LogP contribution is 2.38. The maximum atomic E-state index is 13.4. The van der Waals surface area contributed by atoms with Crippen LogP contribution in [0.5, 0.6) is 0 Å². The highest BCUT2D eigenvalue weighted by Gasteiger charge is 2.44. The van der Waals surface area contributed by atoms with Crippen LogP contribution in [0.4, 0.5) is 5.00 Å². The third-order valence-corrected chi connectivity index (χ3v) is 7.28. The number of hydrogen-bond acceptors (Lipinski definition) is 5. The molecule has 1 aliphatic carbocycles. The number of nitriles is 1. The van der Waals surface area contributed by atoms with Crippen LogP contribution >= 0.6 is 11.3 Å². The summed E-state index contributed by atoms with van der Waals surface area (Å²) in [6.45, 7) is 3.78. The Morgan fingerprint density at radius 1 is 1.20 bits per heavy atom. The number of carbonyl (C=O) groups excluding carboxylic acids is 3. The second kappa shape index (κ2) is 8.04. The summed E-state index contributed by atoms with van der Waals surface area (Å²) in [5.74, 6) is -1.54. The standard InChI is InChI=1S/C23H23N3O3S/c1-3-13(2)19(26-22(28)15-9-4-5-10-16(15)23(26)29)20(27)25-21-17(12-24)14-8-6-7-11-18(14)30-21/h4-5,9-10,13,19H,3,6-8,11H2,1-2H3,(H,25,27)/t13-,19+/m1/s1. The number of anilines is 1. The highest BCUT2D eigenvalue weighted by atomic mass is 32.1. The first-order valence-corrected chi connectivity index (χ1v) is 11.1. The topological polar surface area (TPSA) is 90.3 Å². The second-order valence-corrected chi connectivity index (χ2v) is 8.98. The number of aryl methyl sites for hydroxylation is 1. The predicted octanol–water partition coefficient (Wildman–Crippen LogP) is 4.15. The van der Waals surface area contributed by atoms with Crippen molar-refractivity contribution in [2.45, 2.75) is 52.0 Å². The molecule has 30 heavy (non-hydrogen) atoms. The molecule has 2 aliphatic rings. The number of benzene rings is 1. The molecule has 1 aromatic carbocycles. The number of carbonyl (C=O) groups is 3. The molecule has 7 heteroatoms. The van der Waals surface area contributed by atoms with Crippen LogP contribution in [0.25, 0.3) is 0 Å². The van der Waals surface area contributed by atoms with E-state index in [1.165, 1.54) is 11.3 Å². The maximum absolute atomic E-state index is 13.4. The predicted molar refractivity (Wildman–Crippen MR) is 114 cm³/mol. The van der Waals surface area contributed by atoms with E-state index >= 15 is 0 Å². The first-order valence-electron chi connectivity index (χ1n) is 10.3. The summed E-state index contributed by atoms with van der Waals surface area (Å²) in [6.07, 6.45) is 4.50. The van der Waals surface area contributed by atoms with Gasteiger partial charge in [0.2, 0.25) is 5.91 Å². The molecule has 0 fully saturated rings. The van der Waals surface area contributed by atoms with Gasteiger partial charge in [0.25, 0.3) is 11.8 Å². The minimum Gasteiger partial charge on any atom is -0.315 e. The lowest BCUT2D eigenvalue weighted by Gasteiger charge is -2.29. The zero-order chi connectivity index (χ0) is 21.4. The SMILES string of the molecule is CC[C@@H](C)[C@@H](C(=O)Nc1sc2c(c1C#N)CCCC2)N1C(=O)c2ccccc2C1=O. The average molecular weight is 422 g/mol. The third kappa shape index (κ3) is 3.21. The van der Waals surface area contributed by atoms with Crippen LogP contribution < -0.4 is 5.32 Å². The monoisotopic (exact) mass is 421 g/mol. The van der Waals surface area contributed by atoms with E-state index in [4.69, 9.17) is 0 Å². The van der Waals surface area contributed by atoms with E-state index in [1.54, 1.807) is 24.3 Å². The van der Waals surface area contributed by atoms with Crippen molar-refractivity contribution in [1.82, 2.24) is 4.90 Å². The Labute approximate surface area is 179 Å². The zero-order valence-corrected chi connectivity index (χ0v) is 17.8. The van der Waals surface area contributed by atoms with Crippen molar-refractivity contribution in [2.24, 2.45) is 5.92 Å². The number of nitrogens with zero attached hydrogens (tertiary/aromatic N) is 2. The number of hydrogen-bond donors (Lipinski definition) is 1. The number of thiophene rings is 1. The molecule has 0 saturated heterocycles. The maximum Gasteiger partial charge on any atom is 0.262 e. The van der Waals surface area contributed by atoms with E-state index < -0.39 is 23.8 Å². The van der Waals surface area contributed by atoms with Crippen molar-refractivity contribution in [1.29, 1.82) is 5.26 Å². The third-order valence-electron chi connectivity index (χ3n) is 6.08. The summed E-state index contributed by atoms with van der Waals surface area (Å²) in [5, 5.41) is 13.1. The quantitative estimate of drug-likeness (QED) is 0.735. The van der Waals surface area contributed by atoms with Gasteiger partial charge < -0.3 is 5.32 Å². The number of imide groups is 1. The molecule has 0 radical (unpaired) electrons. The largest absolute Gasteiger partial charge is 0.315 e. The zero-order valence-electron chi connectivity index (χ0n) is 17.0. The Balaban J connectivity index is 1.67. The van der Waals surface area contributed by atoms with Crippen molar-refractivity contribution in [3.63, 3.8) is 0 Å². The molecular weight excluding hydrogens is 398 g/mol. The van der Waals surface area contributed by atoms with Gasteiger partial charge in [0.1, 0.15) is 17.1 Å². The lowest BCUT2D eigenvalue weighted by atomic mass is 9.95. The van der Waals surface area contributed by atoms with E-state index in [-0.39, 0.29) is 5.92 Å². The van der Waals surface area contributed by atoms with E-state index in [0.717, 1.165) is 41.0 Å². The summed E-state index contributed by atoms with van der Waals surface area (Å²) in [7, 11) is 0. The van der Waals surface area contributed by atoms with Gasteiger partial charge in [-0.15, -0.1) is 11.3 Å². The Morgan fingerprint density at radius 3 is 2.43 bits per heavy atom. The van der Waals surface area contributed by atoms with Crippen molar-refractivity contribution in [3.05, 3.63) is 51.4 Å². The van der Waals surface area contributed by atoms with Gasteiger partial charge in [-0.2, -0.15) is 5.26 Å². The molecule has 0 unspecified atom stereocenters. The minimum atomic E-state index is -0.937. The van der Waals surface area contributed by atoms with Crippen molar-refractivity contribution < 1.29 is 14.4 Å². The fourth-order valence-corrected chi connectivity index (χ4v) is 5.51. The van der Waals surface area contributed by atoms with Crippen LogP contribution in [0.3, 0.4) is 0 Å². The van der Waals surface area contributed by atoms with Crippen LogP contribution in [-0.4, -0.2) is 28.7 Å². The molecule has 6 nitrogen and oxygen atoms in total. The molecule has 1 aliphatic heterocycles. The lowest BCUT2D eigenvalue weighted by Crippen LogP contribution is -2.50. The summed E-state index contributed by atoms with van der Waals surface area (Å²) in [5.41, 5.74) is 2.21. The van der Waals surface area contributed by atoms with E-state index in [2.05, 4.69) is 11.4 Å². The first-order chi connectivity index (χ1) is 14.5.